The Balaban J connectivity index is 1.61. The number of rotatable bonds is 2. The summed E-state index contributed by atoms with van der Waals surface area (Å²) in [7, 11) is 0. The van der Waals surface area contributed by atoms with Gasteiger partial charge in [0.15, 0.2) is 5.65 Å². The van der Waals surface area contributed by atoms with Crippen molar-refractivity contribution in [2.75, 3.05) is 13.1 Å². The maximum atomic E-state index is 13.0. The van der Waals surface area contributed by atoms with E-state index in [9.17, 15) is 10.1 Å². The molecule has 4 aromatic rings. The van der Waals surface area contributed by atoms with E-state index in [0.717, 1.165) is 53.5 Å². The van der Waals surface area contributed by atoms with Gasteiger partial charge >= 0.3 is 0 Å². The van der Waals surface area contributed by atoms with Crippen LogP contribution in [0.3, 0.4) is 0 Å². The van der Waals surface area contributed by atoms with E-state index in [4.69, 9.17) is 0 Å². The fourth-order valence-electron chi connectivity index (χ4n) is 4.28. The number of hydrogen-bond donors (Lipinski definition) is 1. The monoisotopic (exact) mass is 383 g/mol. The quantitative estimate of drug-likeness (QED) is 0.575. The molecular weight excluding hydrogens is 362 g/mol. The average Bonchev–Trinajstić information content (AvgIpc) is 3.13. The fourth-order valence-corrected chi connectivity index (χ4v) is 4.28. The summed E-state index contributed by atoms with van der Waals surface area (Å²) in [4.78, 5) is 17.5. The zero-order chi connectivity index (χ0) is 20.0. The predicted octanol–water partition coefficient (Wildman–Crippen LogP) is 3.42. The van der Waals surface area contributed by atoms with Crippen molar-refractivity contribution in [2.24, 2.45) is 0 Å². The third-order valence-corrected chi connectivity index (χ3v) is 5.76. The summed E-state index contributed by atoms with van der Waals surface area (Å²) in [6.45, 7) is 3.81. The van der Waals surface area contributed by atoms with Crippen molar-refractivity contribution >= 4 is 16.4 Å². The number of fused-ring (bicyclic) bond motifs is 2. The summed E-state index contributed by atoms with van der Waals surface area (Å²) >= 11 is 0. The molecule has 1 fully saturated rings. The van der Waals surface area contributed by atoms with E-state index in [2.05, 4.69) is 16.4 Å². The lowest BCUT2D eigenvalue weighted by Gasteiger charge is -2.25. The van der Waals surface area contributed by atoms with E-state index in [-0.39, 0.29) is 11.6 Å². The van der Waals surface area contributed by atoms with Gasteiger partial charge in [0.2, 0.25) is 0 Å². The van der Waals surface area contributed by atoms with Crippen LogP contribution in [-0.2, 0) is 0 Å². The standard InChI is InChI=1S/C23H21N5O/c1-15-13-27-14-19(11-18(12-24)22(27)26-15)16-2-3-21-17(10-16)6-9-28(23(21)29)20-4-7-25-8-5-20/h2-3,6,9-11,13-14,20,25H,4-5,7-8H2,1H3. The molecule has 29 heavy (non-hydrogen) atoms. The summed E-state index contributed by atoms with van der Waals surface area (Å²) in [6, 6.07) is 12.3. The smallest absolute Gasteiger partial charge is 0.258 e. The maximum Gasteiger partial charge on any atom is 0.258 e. The summed E-state index contributed by atoms with van der Waals surface area (Å²) in [5, 5.41) is 14.5. The molecule has 0 aliphatic carbocycles. The molecule has 1 aliphatic heterocycles. The van der Waals surface area contributed by atoms with Crippen LogP contribution in [0.2, 0.25) is 0 Å². The molecule has 1 aromatic carbocycles. The molecule has 1 N–H and O–H groups in total. The van der Waals surface area contributed by atoms with Crippen LogP contribution in [0.15, 0.2) is 53.7 Å². The molecule has 1 aliphatic rings. The minimum atomic E-state index is 0.0688. The molecule has 0 unspecified atom stereocenters. The van der Waals surface area contributed by atoms with Gasteiger partial charge in [-0.25, -0.2) is 4.98 Å². The number of piperidine rings is 1. The van der Waals surface area contributed by atoms with Crippen molar-refractivity contribution in [3.63, 3.8) is 0 Å². The first kappa shape index (κ1) is 17.7. The number of benzene rings is 1. The van der Waals surface area contributed by atoms with Crippen LogP contribution in [-0.4, -0.2) is 27.0 Å². The highest BCUT2D eigenvalue weighted by atomic mass is 16.1. The minimum Gasteiger partial charge on any atom is -0.317 e. The Labute approximate surface area is 168 Å². The molecule has 3 aromatic heterocycles. The molecule has 6 heteroatoms. The van der Waals surface area contributed by atoms with Crippen LogP contribution < -0.4 is 10.9 Å². The maximum absolute atomic E-state index is 13.0. The van der Waals surface area contributed by atoms with Crippen molar-refractivity contribution in [3.8, 4) is 17.2 Å². The van der Waals surface area contributed by atoms with Crippen molar-refractivity contribution in [2.45, 2.75) is 25.8 Å². The SMILES string of the molecule is Cc1cn2cc(-c3ccc4c(=O)n(C5CCNCC5)ccc4c3)cc(C#N)c2n1. The lowest BCUT2D eigenvalue weighted by Crippen LogP contribution is -2.34. The Bertz CT molecular complexity index is 1340. The predicted molar refractivity (Wildman–Crippen MR) is 113 cm³/mol. The van der Waals surface area contributed by atoms with Gasteiger partial charge in [0.25, 0.3) is 5.56 Å². The molecule has 0 amide bonds. The number of aryl methyl sites for hydroxylation is 1. The third kappa shape index (κ3) is 3.00. The first-order valence-electron chi connectivity index (χ1n) is 9.89. The Morgan fingerprint density at radius 3 is 2.76 bits per heavy atom. The van der Waals surface area contributed by atoms with E-state index in [1.807, 2.05) is 64.8 Å². The van der Waals surface area contributed by atoms with E-state index in [1.165, 1.54) is 0 Å². The van der Waals surface area contributed by atoms with Gasteiger partial charge in [-0.2, -0.15) is 5.26 Å². The van der Waals surface area contributed by atoms with E-state index in [1.54, 1.807) is 0 Å². The molecule has 5 rings (SSSR count). The van der Waals surface area contributed by atoms with Gasteiger partial charge in [0.1, 0.15) is 6.07 Å². The highest BCUT2D eigenvalue weighted by molar-refractivity contribution is 5.87. The first-order chi connectivity index (χ1) is 14.1. The van der Waals surface area contributed by atoms with E-state index >= 15 is 0 Å². The largest absolute Gasteiger partial charge is 0.317 e. The zero-order valence-electron chi connectivity index (χ0n) is 16.2. The van der Waals surface area contributed by atoms with Crippen molar-refractivity contribution in [1.82, 2.24) is 19.3 Å². The van der Waals surface area contributed by atoms with Gasteiger partial charge in [-0.3, -0.25) is 4.79 Å². The fraction of sp³-hybridized carbons (Fsp3) is 0.261. The lowest BCUT2D eigenvalue weighted by atomic mass is 10.0. The second-order valence-corrected chi connectivity index (χ2v) is 7.68. The van der Waals surface area contributed by atoms with Crippen LogP contribution in [0.4, 0.5) is 0 Å². The van der Waals surface area contributed by atoms with Crippen molar-refractivity contribution in [1.29, 1.82) is 5.26 Å². The van der Waals surface area contributed by atoms with Crippen LogP contribution in [0.5, 0.6) is 0 Å². The number of nitrogens with one attached hydrogen (secondary N) is 1. The molecule has 0 saturated carbocycles. The summed E-state index contributed by atoms with van der Waals surface area (Å²) in [5.41, 5.74) is 4.04. The van der Waals surface area contributed by atoms with Crippen molar-refractivity contribution in [3.05, 3.63) is 70.5 Å². The van der Waals surface area contributed by atoms with Gasteiger partial charge in [-0.05, 0) is 73.6 Å². The second kappa shape index (κ2) is 6.87. The molecule has 4 heterocycles. The average molecular weight is 383 g/mol. The molecule has 144 valence electrons. The molecule has 0 spiro atoms. The Hall–Kier alpha value is -3.43. The minimum absolute atomic E-state index is 0.0688. The Kier molecular flexibility index (Phi) is 4.18. The topological polar surface area (TPSA) is 75.1 Å². The number of imidazole rings is 1. The summed E-state index contributed by atoms with van der Waals surface area (Å²) in [5.74, 6) is 0. The van der Waals surface area contributed by atoms with Crippen LogP contribution in [0.1, 0.15) is 30.1 Å². The zero-order valence-corrected chi connectivity index (χ0v) is 16.2. The summed E-state index contributed by atoms with van der Waals surface area (Å²) < 4.78 is 3.78. The van der Waals surface area contributed by atoms with Gasteiger partial charge in [-0.1, -0.05) is 6.07 Å². The molecule has 6 nitrogen and oxygen atoms in total. The van der Waals surface area contributed by atoms with Crippen LogP contribution >= 0.6 is 0 Å². The van der Waals surface area contributed by atoms with Crippen LogP contribution in [0.25, 0.3) is 27.5 Å². The van der Waals surface area contributed by atoms with Gasteiger partial charge in [0, 0.05) is 30.0 Å². The number of pyridine rings is 2. The highest BCUT2D eigenvalue weighted by Crippen LogP contribution is 2.26. The number of hydrogen-bond acceptors (Lipinski definition) is 4. The number of nitriles is 1. The molecule has 0 radical (unpaired) electrons. The Morgan fingerprint density at radius 1 is 1.14 bits per heavy atom. The van der Waals surface area contributed by atoms with Gasteiger partial charge in [0.05, 0.1) is 11.3 Å². The molecule has 0 bridgehead atoms. The highest BCUT2D eigenvalue weighted by Gasteiger charge is 2.17. The van der Waals surface area contributed by atoms with Crippen LogP contribution in [0, 0.1) is 18.3 Å². The van der Waals surface area contributed by atoms with Gasteiger partial charge < -0.3 is 14.3 Å². The second-order valence-electron chi connectivity index (χ2n) is 7.68. The summed E-state index contributed by atoms with van der Waals surface area (Å²) in [6.07, 6.45) is 7.77. The number of aromatic nitrogens is 3. The molecule has 1 saturated heterocycles. The third-order valence-electron chi connectivity index (χ3n) is 5.76. The molecule has 0 atom stereocenters. The van der Waals surface area contributed by atoms with Crippen molar-refractivity contribution < 1.29 is 0 Å². The number of nitrogens with zero attached hydrogens (tertiary/aromatic N) is 4. The first-order valence-corrected chi connectivity index (χ1v) is 9.89. The van der Waals surface area contributed by atoms with Gasteiger partial charge in [-0.15, -0.1) is 0 Å². The normalized spacial score (nSPS) is 15.0. The van der Waals surface area contributed by atoms with E-state index in [0.29, 0.717) is 11.2 Å². The Morgan fingerprint density at radius 2 is 1.97 bits per heavy atom. The lowest BCUT2D eigenvalue weighted by molar-refractivity contribution is 0.362. The van der Waals surface area contributed by atoms with E-state index < -0.39 is 0 Å². The molecular formula is C23H21N5O.